The highest BCUT2D eigenvalue weighted by atomic mass is 32.1. The molecule has 4 rings (SSSR count). The first kappa shape index (κ1) is 16.5. The van der Waals surface area contributed by atoms with Gasteiger partial charge in [-0.2, -0.15) is 0 Å². The van der Waals surface area contributed by atoms with Crippen LogP contribution in [0.15, 0.2) is 60.0 Å². The van der Waals surface area contributed by atoms with E-state index in [-0.39, 0.29) is 5.91 Å². The average molecular weight is 361 g/mol. The van der Waals surface area contributed by atoms with Gasteiger partial charge in [-0.1, -0.05) is 42.5 Å². The second-order valence-electron chi connectivity index (χ2n) is 6.22. The fourth-order valence-electron chi connectivity index (χ4n) is 2.95. The van der Waals surface area contributed by atoms with Gasteiger partial charge in [0.15, 0.2) is 0 Å². The summed E-state index contributed by atoms with van der Waals surface area (Å²) in [5, 5.41) is 7.17. The second kappa shape index (κ2) is 7.14. The number of hydrogen-bond donors (Lipinski definition) is 2. The van der Waals surface area contributed by atoms with E-state index >= 15 is 0 Å². The molecule has 2 aromatic carbocycles. The number of aromatic amines is 1. The topological polar surface area (TPSA) is 57.8 Å². The Hall–Kier alpha value is -2.92. The van der Waals surface area contributed by atoms with Crippen molar-refractivity contribution in [3.8, 4) is 11.3 Å². The summed E-state index contributed by atoms with van der Waals surface area (Å²) >= 11 is 1.66. The van der Waals surface area contributed by atoms with E-state index in [2.05, 4.69) is 44.9 Å². The van der Waals surface area contributed by atoms with Crippen molar-refractivity contribution in [3.63, 3.8) is 0 Å². The highest BCUT2D eigenvalue weighted by Crippen LogP contribution is 2.22. The standard InChI is InChI=1S/C21H19N3OS/c1-14-23-20(13-26-14)16-8-6-15(7-9-16)10-11-22-21(25)19-12-17-4-2-3-5-18(17)24-19/h2-9,12-13,24H,10-11H2,1H3,(H,22,25). The van der Waals surface area contributed by atoms with E-state index < -0.39 is 0 Å². The molecule has 2 heterocycles. The molecule has 1 amide bonds. The first-order chi connectivity index (χ1) is 12.7. The van der Waals surface area contributed by atoms with Gasteiger partial charge in [0, 0.05) is 28.4 Å². The number of carbonyl (C=O) groups is 1. The SMILES string of the molecule is Cc1nc(-c2ccc(CCNC(=O)c3cc4ccccc4[nH]3)cc2)cs1. The Morgan fingerprint density at radius 2 is 1.96 bits per heavy atom. The quantitative estimate of drug-likeness (QED) is 0.547. The molecule has 0 radical (unpaired) electrons. The number of fused-ring (bicyclic) bond motifs is 1. The molecule has 0 bridgehead atoms. The highest BCUT2D eigenvalue weighted by molar-refractivity contribution is 7.09. The molecule has 0 aliphatic heterocycles. The van der Waals surface area contributed by atoms with Gasteiger partial charge in [0.1, 0.15) is 5.69 Å². The van der Waals surface area contributed by atoms with E-state index in [1.807, 2.05) is 37.3 Å². The lowest BCUT2D eigenvalue weighted by molar-refractivity contribution is 0.0950. The van der Waals surface area contributed by atoms with Crippen molar-refractivity contribution in [1.29, 1.82) is 0 Å². The summed E-state index contributed by atoms with van der Waals surface area (Å²) < 4.78 is 0. The van der Waals surface area contributed by atoms with Gasteiger partial charge in [0.05, 0.1) is 10.7 Å². The third kappa shape index (κ3) is 3.53. The van der Waals surface area contributed by atoms with Crippen LogP contribution in [-0.4, -0.2) is 22.4 Å². The molecule has 5 heteroatoms. The van der Waals surface area contributed by atoms with Crippen LogP contribution in [0, 0.1) is 6.92 Å². The summed E-state index contributed by atoms with van der Waals surface area (Å²) in [6.45, 7) is 2.61. The van der Waals surface area contributed by atoms with E-state index in [0.29, 0.717) is 12.2 Å². The summed E-state index contributed by atoms with van der Waals surface area (Å²) in [7, 11) is 0. The fraction of sp³-hybridized carbons (Fsp3) is 0.143. The minimum Gasteiger partial charge on any atom is -0.351 e. The summed E-state index contributed by atoms with van der Waals surface area (Å²) in [6.07, 6.45) is 0.794. The molecule has 0 unspecified atom stereocenters. The molecule has 2 N–H and O–H groups in total. The van der Waals surface area contributed by atoms with Crippen LogP contribution in [0.3, 0.4) is 0 Å². The van der Waals surface area contributed by atoms with Gasteiger partial charge in [0.2, 0.25) is 0 Å². The molecule has 4 aromatic rings. The van der Waals surface area contributed by atoms with Crippen molar-refractivity contribution in [2.45, 2.75) is 13.3 Å². The van der Waals surface area contributed by atoms with E-state index in [1.165, 1.54) is 5.56 Å². The van der Waals surface area contributed by atoms with Crippen molar-refractivity contribution >= 4 is 28.1 Å². The summed E-state index contributed by atoms with van der Waals surface area (Å²) in [6, 6.07) is 18.1. The first-order valence-electron chi connectivity index (χ1n) is 8.56. The van der Waals surface area contributed by atoms with E-state index in [0.717, 1.165) is 33.6 Å². The molecule has 0 aliphatic rings. The predicted molar refractivity (Wildman–Crippen MR) is 107 cm³/mol. The summed E-state index contributed by atoms with van der Waals surface area (Å²) in [4.78, 5) is 20.0. The van der Waals surface area contributed by atoms with Crippen LogP contribution in [0.1, 0.15) is 21.1 Å². The Bertz CT molecular complexity index is 1010. The van der Waals surface area contributed by atoms with Crippen molar-refractivity contribution in [2.24, 2.45) is 0 Å². The van der Waals surface area contributed by atoms with Crippen molar-refractivity contribution < 1.29 is 4.79 Å². The minimum absolute atomic E-state index is 0.0734. The number of aromatic nitrogens is 2. The van der Waals surface area contributed by atoms with Crippen LogP contribution < -0.4 is 5.32 Å². The normalized spacial score (nSPS) is 11.0. The van der Waals surface area contributed by atoms with Gasteiger partial charge in [-0.15, -0.1) is 11.3 Å². The molecule has 0 atom stereocenters. The molecule has 0 saturated heterocycles. The number of para-hydroxylation sites is 1. The second-order valence-corrected chi connectivity index (χ2v) is 7.29. The van der Waals surface area contributed by atoms with Gasteiger partial charge in [0.25, 0.3) is 5.91 Å². The average Bonchev–Trinajstić information content (AvgIpc) is 3.28. The number of amides is 1. The number of rotatable bonds is 5. The Balaban J connectivity index is 1.34. The molecular weight excluding hydrogens is 342 g/mol. The van der Waals surface area contributed by atoms with Crippen LogP contribution in [0.5, 0.6) is 0 Å². The third-order valence-electron chi connectivity index (χ3n) is 4.34. The zero-order chi connectivity index (χ0) is 17.9. The largest absolute Gasteiger partial charge is 0.351 e. The lowest BCUT2D eigenvalue weighted by Crippen LogP contribution is -2.25. The molecule has 0 fully saturated rings. The maximum atomic E-state index is 12.3. The summed E-state index contributed by atoms with van der Waals surface area (Å²) in [5.41, 5.74) is 4.91. The van der Waals surface area contributed by atoms with Gasteiger partial charge < -0.3 is 10.3 Å². The Morgan fingerprint density at radius 1 is 1.15 bits per heavy atom. The zero-order valence-electron chi connectivity index (χ0n) is 14.5. The molecule has 26 heavy (non-hydrogen) atoms. The molecule has 0 spiro atoms. The Kier molecular flexibility index (Phi) is 4.54. The Morgan fingerprint density at radius 3 is 2.69 bits per heavy atom. The first-order valence-corrected chi connectivity index (χ1v) is 9.44. The molecular formula is C21H19N3OS. The van der Waals surface area contributed by atoms with Crippen LogP contribution in [-0.2, 0) is 6.42 Å². The van der Waals surface area contributed by atoms with Crippen LogP contribution >= 0.6 is 11.3 Å². The van der Waals surface area contributed by atoms with Crippen molar-refractivity contribution in [1.82, 2.24) is 15.3 Å². The van der Waals surface area contributed by atoms with Crippen LogP contribution in [0.25, 0.3) is 22.2 Å². The van der Waals surface area contributed by atoms with E-state index in [4.69, 9.17) is 0 Å². The Labute approximate surface area is 155 Å². The van der Waals surface area contributed by atoms with Crippen LogP contribution in [0.4, 0.5) is 0 Å². The smallest absolute Gasteiger partial charge is 0.267 e. The highest BCUT2D eigenvalue weighted by Gasteiger charge is 2.08. The van der Waals surface area contributed by atoms with Gasteiger partial charge in [-0.3, -0.25) is 4.79 Å². The fourth-order valence-corrected chi connectivity index (χ4v) is 3.57. The molecule has 130 valence electrons. The van der Waals surface area contributed by atoms with E-state index in [9.17, 15) is 4.79 Å². The molecule has 0 saturated carbocycles. The maximum absolute atomic E-state index is 12.3. The predicted octanol–water partition coefficient (Wildman–Crippen LogP) is 4.57. The number of nitrogens with zero attached hydrogens (tertiary/aromatic N) is 1. The van der Waals surface area contributed by atoms with Crippen molar-refractivity contribution in [3.05, 3.63) is 76.2 Å². The number of carbonyl (C=O) groups excluding carboxylic acids is 1. The van der Waals surface area contributed by atoms with Crippen molar-refractivity contribution in [2.75, 3.05) is 6.54 Å². The monoisotopic (exact) mass is 361 g/mol. The number of benzene rings is 2. The van der Waals surface area contributed by atoms with Gasteiger partial charge >= 0.3 is 0 Å². The molecule has 0 aliphatic carbocycles. The lowest BCUT2D eigenvalue weighted by Gasteiger charge is -2.05. The zero-order valence-corrected chi connectivity index (χ0v) is 15.3. The number of thiazole rings is 1. The summed E-state index contributed by atoms with van der Waals surface area (Å²) in [5.74, 6) is -0.0734. The van der Waals surface area contributed by atoms with Gasteiger partial charge in [-0.05, 0) is 31.0 Å². The minimum atomic E-state index is -0.0734. The number of H-pyrrole nitrogens is 1. The third-order valence-corrected chi connectivity index (χ3v) is 5.12. The van der Waals surface area contributed by atoms with Crippen LogP contribution in [0.2, 0.25) is 0 Å². The number of nitrogens with one attached hydrogen (secondary N) is 2. The van der Waals surface area contributed by atoms with Gasteiger partial charge in [-0.25, -0.2) is 4.98 Å². The molecule has 2 aromatic heterocycles. The maximum Gasteiger partial charge on any atom is 0.267 e. The van der Waals surface area contributed by atoms with E-state index in [1.54, 1.807) is 11.3 Å². The lowest BCUT2D eigenvalue weighted by atomic mass is 10.1. The number of aryl methyl sites for hydroxylation is 1. The number of hydrogen-bond acceptors (Lipinski definition) is 3. The molecule has 4 nitrogen and oxygen atoms in total.